The average Bonchev–Trinajstić information content (AvgIpc) is 1.87. The van der Waals surface area contributed by atoms with E-state index in [1.807, 2.05) is 0 Å². The van der Waals surface area contributed by atoms with Crippen molar-refractivity contribution in [2.24, 2.45) is 11.6 Å². The molecule has 0 amide bonds. The minimum Gasteiger partial charge on any atom is -0.330 e. The molecule has 5 N–H and O–H groups in total. The van der Waals surface area contributed by atoms with Gasteiger partial charge in [0.15, 0.2) is 0 Å². The van der Waals surface area contributed by atoms with Gasteiger partial charge in [0, 0.05) is 11.3 Å². The Morgan fingerprint density at radius 3 is 2.60 bits per heavy atom. The van der Waals surface area contributed by atoms with Crippen LogP contribution in [0.15, 0.2) is 0 Å². The van der Waals surface area contributed by atoms with Gasteiger partial charge < -0.3 is 5.73 Å². The van der Waals surface area contributed by atoms with Crippen LogP contribution < -0.4 is 17.0 Å². The zero-order valence-corrected chi connectivity index (χ0v) is 5.62. The number of nitrogens with one attached hydrogen (secondary N) is 1. The maximum atomic E-state index is 10.1. The molecule has 0 heterocycles. The van der Waals surface area contributed by atoms with Crippen LogP contribution in [0.4, 0.5) is 0 Å². The first kappa shape index (κ1) is 9.28. The fourth-order valence-corrected chi connectivity index (χ4v) is 0.610. The molecule has 0 bridgehead atoms. The first-order valence-electron chi connectivity index (χ1n) is 2.99. The molecule has 0 radical (unpaired) electrons. The van der Waals surface area contributed by atoms with Crippen molar-refractivity contribution in [1.29, 1.82) is 0 Å². The smallest absolute Gasteiger partial charge is 0.227 e. The van der Waals surface area contributed by atoms with Crippen LogP contribution in [0.2, 0.25) is 0 Å². The minimum absolute atomic E-state index is 0.171. The maximum Gasteiger partial charge on any atom is 0.227 e. The Morgan fingerprint density at radius 1 is 1.70 bits per heavy atom. The molecule has 60 valence electrons. The Hall–Kier alpha value is -0.720. The molecule has 0 fully saturated rings. The number of hydrogen-bond donors (Lipinski definition) is 3. The molecule has 6 nitrogen and oxygen atoms in total. The molecule has 0 aliphatic carbocycles. The molecular weight excluding hydrogens is 136 g/mol. The molecule has 0 aliphatic rings. The summed E-state index contributed by atoms with van der Waals surface area (Å²) in [6.07, 6.45) is 0.358. The van der Waals surface area contributed by atoms with Crippen molar-refractivity contribution in [1.82, 2.24) is 5.43 Å². The lowest BCUT2D eigenvalue weighted by Gasteiger charge is -2.05. The Labute approximate surface area is 58.7 Å². The van der Waals surface area contributed by atoms with Gasteiger partial charge in [-0.05, 0) is 6.54 Å². The van der Waals surface area contributed by atoms with Gasteiger partial charge in [-0.1, -0.05) is 0 Å². The first-order valence-corrected chi connectivity index (χ1v) is 2.99. The van der Waals surface area contributed by atoms with E-state index in [2.05, 4.69) is 5.43 Å². The highest BCUT2D eigenvalue weighted by atomic mass is 16.6. The van der Waals surface area contributed by atoms with Gasteiger partial charge in [-0.25, -0.2) is 0 Å². The number of nitro groups is 1. The predicted molar refractivity (Wildman–Crippen MR) is 36.6 cm³/mol. The van der Waals surface area contributed by atoms with E-state index in [-0.39, 0.29) is 11.5 Å². The third-order valence-electron chi connectivity index (χ3n) is 1.15. The standard InChI is InChI=1S/C4H12N4O2/c5-2-1-4(3-7-6)8(9)10/h4,7H,1-3,5-6H2. The van der Waals surface area contributed by atoms with Gasteiger partial charge in [0.2, 0.25) is 6.04 Å². The van der Waals surface area contributed by atoms with Crippen molar-refractivity contribution in [3.8, 4) is 0 Å². The van der Waals surface area contributed by atoms with Crippen molar-refractivity contribution in [2.75, 3.05) is 13.1 Å². The van der Waals surface area contributed by atoms with Crippen molar-refractivity contribution in [2.45, 2.75) is 12.5 Å². The summed E-state index contributed by atoms with van der Waals surface area (Å²) in [5.41, 5.74) is 7.36. The lowest BCUT2D eigenvalue weighted by atomic mass is 10.2. The summed E-state index contributed by atoms with van der Waals surface area (Å²) in [6.45, 7) is 0.484. The Balaban J connectivity index is 3.61. The van der Waals surface area contributed by atoms with Gasteiger partial charge >= 0.3 is 0 Å². The highest BCUT2D eigenvalue weighted by Gasteiger charge is 2.16. The summed E-state index contributed by atoms with van der Waals surface area (Å²) in [5, 5.41) is 10.1. The highest BCUT2D eigenvalue weighted by molar-refractivity contribution is 4.57. The molecule has 10 heavy (non-hydrogen) atoms. The van der Waals surface area contributed by atoms with E-state index in [0.717, 1.165) is 0 Å². The first-order chi connectivity index (χ1) is 4.72. The van der Waals surface area contributed by atoms with Crippen LogP contribution >= 0.6 is 0 Å². The second-order valence-corrected chi connectivity index (χ2v) is 1.92. The van der Waals surface area contributed by atoms with Gasteiger partial charge in [-0.2, -0.15) is 0 Å². The van der Waals surface area contributed by atoms with Crippen molar-refractivity contribution in [3.63, 3.8) is 0 Å². The normalized spacial score (nSPS) is 13.0. The van der Waals surface area contributed by atoms with Crippen LogP contribution in [-0.2, 0) is 0 Å². The lowest BCUT2D eigenvalue weighted by molar-refractivity contribution is -0.520. The molecule has 1 unspecified atom stereocenters. The van der Waals surface area contributed by atoms with Gasteiger partial charge in [0.25, 0.3) is 0 Å². The molecule has 6 heteroatoms. The van der Waals surface area contributed by atoms with Crippen molar-refractivity contribution < 1.29 is 4.92 Å². The van der Waals surface area contributed by atoms with E-state index in [0.29, 0.717) is 13.0 Å². The van der Waals surface area contributed by atoms with Crippen molar-refractivity contribution in [3.05, 3.63) is 10.1 Å². The summed E-state index contributed by atoms with van der Waals surface area (Å²) in [5.74, 6) is 4.90. The third-order valence-corrected chi connectivity index (χ3v) is 1.15. The fourth-order valence-electron chi connectivity index (χ4n) is 0.610. The second kappa shape index (κ2) is 5.10. The molecule has 0 rings (SSSR count). The Bertz CT molecular complexity index is 101. The van der Waals surface area contributed by atoms with Crippen LogP contribution in [0, 0.1) is 10.1 Å². The zero-order valence-electron chi connectivity index (χ0n) is 5.62. The van der Waals surface area contributed by atoms with E-state index < -0.39 is 6.04 Å². The van der Waals surface area contributed by atoms with Crippen LogP contribution in [0.25, 0.3) is 0 Å². The summed E-state index contributed by atoms with van der Waals surface area (Å²) in [7, 11) is 0. The lowest BCUT2D eigenvalue weighted by Crippen LogP contribution is -2.37. The SMILES string of the molecule is NCCC(CNN)[N+](=O)[O-]. The highest BCUT2D eigenvalue weighted by Crippen LogP contribution is 1.92. The summed E-state index contributed by atoms with van der Waals surface area (Å²) in [6, 6.07) is -0.657. The molecule has 0 aromatic heterocycles. The molecule has 1 atom stereocenters. The van der Waals surface area contributed by atoms with E-state index in [9.17, 15) is 10.1 Å². The van der Waals surface area contributed by atoms with Crippen molar-refractivity contribution >= 4 is 0 Å². The third kappa shape index (κ3) is 3.33. The van der Waals surface area contributed by atoms with E-state index in [1.165, 1.54) is 0 Å². The monoisotopic (exact) mass is 148 g/mol. The Morgan fingerprint density at radius 2 is 2.30 bits per heavy atom. The van der Waals surface area contributed by atoms with Crippen LogP contribution in [0.1, 0.15) is 6.42 Å². The number of hydrogen-bond acceptors (Lipinski definition) is 5. The summed E-state index contributed by atoms with van der Waals surface area (Å²) < 4.78 is 0. The van der Waals surface area contributed by atoms with E-state index in [4.69, 9.17) is 11.6 Å². The van der Waals surface area contributed by atoms with Gasteiger partial charge in [0.05, 0.1) is 6.54 Å². The van der Waals surface area contributed by atoms with E-state index in [1.54, 1.807) is 0 Å². The van der Waals surface area contributed by atoms with E-state index >= 15 is 0 Å². The molecule has 0 spiro atoms. The minimum atomic E-state index is -0.657. The number of hydrazine groups is 1. The van der Waals surface area contributed by atoms with Crippen LogP contribution in [0.5, 0.6) is 0 Å². The fraction of sp³-hybridized carbons (Fsp3) is 1.00. The zero-order chi connectivity index (χ0) is 7.98. The molecular formula is C4H12N4O2. The molecule has 0 aromatic rings. The summed E-state index contributed by atoms with van der Waals surface area (Å²) >= 11 is 0. The molecule has 0 saturated carbocycles. The van der Waals surface area contributed by atoms with Gasteiger partial charge in [0.1, 0.15) is 0 Å². The van der Waals surface area contributed by atoms with Crippen LogP contribution in [-0.4, -0.2) is 24.1 Å². The Kier molecular flexibility index (Phi) is 4.73. The quantitative estimate of drug-likeness (QED) is 0.248. The average molecular weight is 148 g/mol. The topological polar surface area (TPSA) is 107 Å². The molecule has 0 saturated heterocycles. The number of nitrogens with zero attached hydrogens (tertiary/aromatic N) is 1. The van der Waals surface area contributed by atoms with Crippen LogP contribution in [0.3, 0.4) is 0 Å². The number of rotatable bonds is 5. The van der Waals surface area contributed by atoms with Gasteiger partial charge in [-0.15, -0.1) is 0 Å². The maximum absolute atomic E-state index is 10.1. The van der Waals surface area contributed by atoms with Gasteiger partial charge in [-0.3, -0.25) is 21.4 Å². The summed E-state index contributed by atoms with van der Waals surface area (Å²) in [4.78, 5) is 9.75. The molecule has 0 aromatic carbocycles. The molecule has 0 aliphatic heterocycles. The largest absolute Gasteiger partial charge is 0.330 e. The predicted octanol–water partition coefficient (Wildman–Crippen LogP) is -1.56. The number of nitrogens with two attached hydrogens (primary N) is 2. The second-order valence-electron chi connectivity index (χ2n) is 1.92.